The molecule has 0 aromatic carbocycles. The fourth-order valence-electron chi connectivity index (χ4n) is 3.76. The summed E-state index contributed by atoms with van der Waals surface area (Å²) in [7, 11) is 0. The van der Waals surface area contributed by atoms with Crippen LogP contribution in [-0.4, -0.2) is 24.6 Å². The molecule has 0 fully saturated rings. The number of ether oxygens (including phenoxy) is 2. The van der Waals surface area contributed by atoms with Crippen LogP contribution >= 0.6 is 0 Å². The number of carbonyl (C=O) groups excluding carboxylic acids is 2. The molecule has 0 heterocycles. The molecule has 0 rings (SSSR count). The molecule has 1 atom stereocenters. The average molecular weight is 441 g/mol. The van der Waals surface area contributed by atoms with Crippen molar-refractivity contribution in [3.05, 3.63) is 0 Å². The van der Waals surface area contributed by atoms with Crippen molar-refractivity contribution in [3.8, 4) is 0 Å². The molecule has 0 aliphatic carbocycles. The van der Waals surface area contributed by atoms with Gasteiger partial charge in [0, 0.05) is 12.8 Å². The molecule has 0 aliphatic rings. The van der Waals surface area contributed by atoms with E-state index >= 15 is 0 Å². The molecule has 4 nitrogen and oxygen atoms in total. The summed E-state index contributed by atoms with van der Waals surface area (Å²) < 4.78 is 10.6. The molecule has 0 radical (unpaired) electrons. The second-order valence-corrected chi connectivity index (χ2v) is 9.14. The van der Waals surface area contributed by atoms with Crippen LogP contribution in [0, 0.1) is 0 Å². The van der Waals surface area contributed by atoms with Gasteiger partial charge in [-0.3, -0.25) is 9.59 Å². The van der Waals surface area contributed by atoms with Crippen molar-refractivity contribution in [1.29, 1.82) is 0 Å². The van der Waals surface area contributed by atoms with Gasteiger partial charge in [-0.2, -0.15) is 0 Å². The Morgan fingerprint density at radius 3 is 1.32 bits per heavy atom. The van der Waals surface area contributed by atoms with Crippen molar-refractivity contribution in [1.82, 2.24) is 0 Å². The highest BCUT2D eigenvalue weighted by molar-refractivity contribution is 5.70. The van der Waals surface area contributed by atoms with Crippen molar-refractivity contribution in [3.63, 3.8) is 0 Å². The van der Waals surface area contributed by atoms with Crippen LogP contribution in [0.3, 0.4) is 0 Å². The predicted octanol–water partition coefficient (Wildman–Crippen LogP) is 8.30. The second-order valence-electron chi connectivity index (χ2n) is 9.14. The van der Waals surface area contributed by atoms with E-state index < -0.39 is 0 Å². The van der Waals surface area contributed by atoms with Gasteiger partial charge in [-0.1, -0.05) is 117 Å². The predicted molar refractivity (Wildman–Crippen MR) is 130 cm³/mol. The van der Waals surface area contributed by atoms with E-state index in [0.717, 1.165) is 25.7 Å². The third-order valence-electron chi connectivity index (χ3n) is 5.78. The summed E-state index contributed by atoms with van der Waals surface area (Å²) >= 11 is 0. The van der Waals surface area contributed by atoms with Gasteiger partial charge in [0.2, 0.25) is 0 Å². The molecule has 0 unspecified atom stereocenters. The van der Waals surface area contributed by atoms with Crippen LogP contribution in [0.2, 0.25) is 0 Å². The fraction of sp³-hybridized carbons (Fsp3) is 0.926. The Labute approximate surface area is 193 Å². The van der Waals surface area contributed by atoms with Gasteiger partial charge in [-0.25, -0.2) is 0 Å². The lowest BCUT2D eigenvalue weighted by atomic mass is 10.1. The summed E-state index contributed by atoms with van der Waals surface area (Å²) in [6, 6.07) is 0. The Hall–Kier alpha value is -1.06. The summed E-state index contributed by atoms with van der Waals surface area (Å²) in [5, 5.41) is 0. The second kappa shape index (κ2) is 23.6. The highest BCUT2D eigenvalue weighted by atomic mass is 16.6. The van der Waals surface area contributed by atoms with Gasteiger partial charge in [-0.15, -0.1) is 0 Å². The van der Waals surface area contributed by atoms with E-state index in [2.05, 4.69) is 13.8 Å². The molecule has 184 valence electrons. The van der Waals surface area contributed by atoms with Gasteiger partial charge in [0.05, 0.1) is 0 Å². The summed E-state index contributed by atoms with van der Waals surface area (Å²) in [6.07, 6.45) is 22.8. The van der Waals surface area contributed by atoms with E-state index in [0.29, 0.717) is 12.8 Å². The highest BCUT2D eigenvalue weighted by Crippen LogP contribution is 2.13. The standard InChI is InChI=1S/C27H52O4/c1-4-6-8-10-12-13-14-15-17-19-21-23-27(29)31-25(3)24-30-26(28)22-20-18-16-11-9-7-5-2/h25H,4-24H2,1-3H3/t25-/m1/s1. The Morgan fingerprint density at radius 1 is 0.548 bits per heavy atom. The molecule has 0 aromatic heterocycles. The molecular weight excluding hydrogens is 388 g/mol. The zero-order chi connectivity index (χ0) is 23.0. The molecule has 0 saturated heterocycles. The monoisotopic (exact) mass is 440 g/mol. The third kappa shape index (κ3) is 23.4. The first-order valence-corrected chi connectivity index (χ1v) is 13.4. The van der Waals surface area contributed by atoms with Crippen LogP contribution in [0.5, 0.6) is 0 Å². The zero-order valence-electron chi connectivity index (χ0n) is 21.1. The van der Waals surface area contributed by atoms with Crippen LogP contribution in [0.4, 0.5) is 0 Å². The lowest BCUT2D eigenvalue weighted by Gasteiger charge is -2.13. The first-order valence-electron chi connectivity index (χ1n) is 13.4. The van der Waals surface area contributed by atoms with Gasteiger partial charge < -0.3 is 9.47 Å². The van der Waals surface area contributed by atoms with Gasteiger partial charge in [0.25, 0.3) is 0 Å². The molecule has 31 heavy (non-hydrogen) atoms. The smallest absolute Gasteiger partial charge is 0.306 e. The Bertz CT molecular complexity index is 408. The van der Waals surface area contributed by atoms with E-state index in [1.165, 1.54) is 89.9 Å². The quantitative estimate of drug-likeness (QED) is 0.118. The van der Waals surface area contributed by atoms with Gasteiger partial charge in [0.15, 0.2) is 0 Å². The largest absolute Gasteiger partial charge is 0.462 e. The van der Waals surface area contributed by atoms with Crippen LogP contribution in [-0.2, 0) is 19.1 Å². The minimum atomic E-state index is -0.363. The van der Waals surface area contributed by atoms with Gasteiger partial charge >= 0.3 is 11.9 Å². The van der Waals surface area contributed by atoms with Crippen molar-refractivity contribution in [2.75, 3.05) is 6.61 Å². The highest BCUT2D eigenvalue weighted by Gasteiger charge is 2.12. The maximum absolute atomic E-state index is 11.9. The topological polar surface area (TPSA) is 52.6 Å². The summed E-state index contributed by atoms with van der Waals surface area (Å²) in [5.41, 5.74) is 0. The van der Waals surface area contributed by atoms with Gasteiger partial charge in [-0.05, 0) is 19.8 Å². The average Bonchev–Trinajstić information content (AvgIpc) is 2.75. The summed E-state index contributed by atoms with van der Waals surface area (Å²) in [6.45, 7) is 6.43. The Balaban J connectivity index is 3.45. The maximum atomic E-state index is 11.9. The zero-order valence-corrected chi connectivity index (χ0v) is 21.1. The van der Waals surface area contributed by atoms with Crippen molar-refractivity contribution in [2.45, 2.75) is 155 Å². The molecule has 0 aromatic rings. The lowest BCUT2D eigenvalue weighted by molar-refractivity contribution is -0.158. The van der Waals surface area contributed by atoms with Crippen molar-refractivity contribution >= 4 is 11.9 Å². The van der Waals surface area contributed by atoms with E-state index in [4.69, 9.17) is 9.47 Å². The van der Waals surface area contributed by atoms with E-state index in [-0.39, 0.29) is 24.6 Å². The number of rotatable bonds is 23. The van der Waals surface area contributed by atoms with Crippen molar-refractivity contribution in [2.24, 2.45) is 0 Å². The van der Waals surface area contributed by atoms with E-state index in [9.17, 15) is 9.59 Å². The Morgan fingerprint density at radius 2 is 0.903 bits per heavy atom. The molecular formula is C27H52O4. The minimum Gasteiger partial charge on any atom is -0.462 e. The third-order valence-corrected chi connectivity index (χ3v) is 5.78. The number of hydrogen-bond acceptors (Lipinski definition) is 4. The fourth-order valence-corrected chi connectivity index (χ4v) is 3.76. The first kappa shape index (κ1) is 29.9. The molecule has 0 spiro atoms. The minimum absolute atomic E-state index is 0.166. The Kier molecular flexibility index (Phi) is 22.8. The maximum Gasteiger partial charge on any atom is 0.306 e. The number of unbranched alkanes of at least 4 members (excludes halogenated alkanes) is 16. The lowest BCUT2D eigenvalue weighted by Crippen LogP contribution is -2.22. The summed E-state index contributed by atoms with van der Waals surface area (Å²) in [4.78, 5) is 23.7. The van der Waals surface area contributed by atoms with Crippen LogP contribution in [0.1, 0.15) is 149 Å². The van der Waals surface area contributed by atoms with Crippen LogP contribution in [0.15, 0.2) is 0 Å². The molecule has 0 saturated carbocycles. The normalized spacial score (nSPS) is 12.0. The molecule has 0 amide bonds. The molecule has 4 heteroatoms. The SMILES string of the molecule is CCCCCCCCCCCCCC(=O)O[C@H](C)COC(=O)CCCCCCCCC. The van der Waals surface area contributed by atoms with Gasteiger partial charge in [0.1, 0.15) is 12.7 Å². The molecule has 0 N–H and O–H groups in total. The molecule has 0 bridgehead atoms. The van der Waals surface area contributed by atoms with Crippen molar-refractivity contribution < 1.29 is 19.1 Å². The number of hydrogen-bond donors (Lipinski definition) is 0. The number of esters is 2. The first-order chi connectivity index (χ1) is 15.1. The van der Waals surface area contributed by atoms with E-state index in [1.54, 1.807) is 6.92 Å². The van der Waals surface area contributed by atoms with Crippen LogP contribution < -0.4 is 0 Å². The number of carbonyl (C=O) groups is 2. The van der Waals surface area contributed by atoms with Crippen LogP contribution in [0.25, 0.3) is 0 Å². The van der Waals surface area contributed by atoms with E-state index in [1.807, 2.05) is 0 Å². The summed E-state index contributed by atoms with van der Waals surface area (Å²) in [5.74, 6) is -0.353. The molecule has 0 aliphatic heterocycles.